The van der Waals surface area contributed by atoms with Crippen LogP contribution in [-0.2, 0) is 5.60 Å². The number of hydrogen-bond acceptors (Lipinski definition) is 3. The molecule has 4 heteroatoms. The Morgan fingerprint density at radius 1 is 1.50 bits per heavy atom. The van der Waals surface area contributed by atoms with Crippen LogP contribution >= 0.6 is 0 Å². The third-order valence-corrected chi connectivity index (χ3v) is 2.51. The van der Waals surface area contributed by atoms with Crippen LogP contribution in [0.3, 0.4) is 0 Å². The lowest BCUT2D eigenvalue weighted by Gasteiger charge is -2.38. The third kappa shape index (κ3) is 1.27. The molecule has 1 heterocycles. The van der Waals surface area contributed by atoms with Crippen molar-refractivity contribution in [2.24, 2.45) is 0 Å². The Morgan fingerprint density at radius 2 is 2.21 bits per heavy atom. The summed E-state index contributed by atoms with van der Waals surface area (Å²) >= 11 is 0. The molecular weight excluding hydrogens is 185 g/mol. The van der Waals surface area contributed by atoms with Gasteiger partial charge in [0.25, 0.3) is 0 Å². The number of benzene rings is 1. The molecule has 1 aromatic carbocycles. The van der Waals surface area contributed by atoms with E-state index in [1.807, 2.05) is 0 Å². The fraction of sp³-hybridized carbons (Fsp3) is 0.400. The zero-order valence-electron chi connectivity index (χ0n) is 7.88. The van der Waals surface area contributed by atoms with Crippen LogP contribution in [0.5, 0.6) is 5.75 Å². The first-order valence-corrected chi connectivity index (χ1v) is 4.43. The molecule has 1 saturated heterocycles. The summed E-state index contributed by atoms with van der Waals surface area (Å²) in [6.07, 6.45) is 0. The van der Waals surface area contributed by atoms with Crippen molar-refractivity contribution in [3.63, 3.8) is 0 Å². The van der Waals surface area contributed by atoms with Crippen molar-refractivity contribution < 1.29 is 14.2 Å². The van der Waals surface area contributed by atoms with Crippen LogP contribution in [0, 0.1) is 5.82 Å². The maximum Gasteiger partial charge on any atom is 0.165 e. The minimum absolute atomic E-state index is 0.136. The molecule has 76 valence electrons. The van der Waals surface area contributed by atoms with E-state index in [9.17, 15) is 9.50 Å². The monoisotopic (exact) mass is 197 g/mol. The summed E-state index contributed by atoms with van der Waals surface area (Å²) in [7, 11) is 1.40. The number of halogens is 1. The van der Waals surface area contributed by atoms with E-state index >= 15 is 0 Å². The van der Waals surface area contributed by atoms with Crippen molar-refractivity contribution in [1.82, 2.24) is 5.32 Å². The Morgan fingerprint density at radius 3 is 2.71 bits per heavy atom. The first-order valence-electron chi connectivity index (χ1n) is 4.43. The van der Waals surface area contributed by atoms with Gasteiger partial charge in [-0.25, -0.2) is 4.39 Å². The molecule has 0 saturated carbocycles. The topological polar surface area (TPSA) is 41.5 Å². The van der Waals surface area contributed by atoms with Crippen LogP contribution in [0.1, 0.15) is 5.56 Å². The summed E-state index contributed by atoms with van der Waals surface area (Å²) in [5, 5.41) is 13.0. The SMILES string of the molecule is COc1c(F)cccc1C1(O)CNC1. The van der Waals surface area contributed by atoms with Crippen molar-refractivity contribution in [3.8, 4) is 5.75 Å². The van der Waals surface area contributed by atoms with E-state index in [0.29, 0.717) is 18.7 Å². The van der Waals surface area contributed by atoms with Gasteiger partial charge in [0, 0.05) is 18.7 Å². The van der Waals surface area contributed by atoms with E-state index in [4.69, 9.17) is 4.74 Å². The van der Waals surface area contributed by atoms with Crippen molar-refractivity contribution in [2.45, 2.75) is 5.60 Å². The highest BCUT2D eigenvalue weighted by molar-refractivity contribution is 5.41. The Hall–Kier alpha value is -1.13. The number of aliphatic hydroxyl groups is 1. The number of methoxy groups -OCH3 is 1. The predicted octanol–water partition coefficient (Wildman–Crippen LogP) is 0.625. The van der Waals surface area contributed by atoms with Crippen molar-refractivity contribution >= 4 is 0 Å². The summed E-state index contributed by atoms with van der Waals surface area (Å²) in [6.45, 7) is 0.875. The number of rotatable bonds is 2. The predicted molar refractivity (Wildman–Crippen MR) is 49.7 cm³/mol. The molecule has 0 spiro atoms. The first kappa shape index (κ1) is 9.43. The molecule has 14 heavy (non-hydrogen) atoms. The molecule has 0 bridgehead atoms. The highest BCUT2D eigenvalue weighted by Gasteiger charge is 2.39. The van der Waals surface area contributed by atoms with Gasteiger partial charge in [0.1, 0.15) is 5.60 Å². The van der Waals surface area contributed by atoms with E-state index in [2.05, 4.69) is 5.32 Å². The molecule has 2 rings (SSSR count). The van der Waals surface area contributed by atoms with E-state index in [1.165, 1.54) is 13.2 Å². The number of para-hydroxylation sites is 1. The Labute approximate surface area is 81.5 Å². The molecule has 0 aliphatic carbocycles. The van der Waals surface area contributed by atoms with Gasteiger partial charge in [-0.05, 0) is 6.07 Å². The quantitative estimate of drug-likeness (QED) is 0.730. The second kappa shape index (κ2) is 3.22. The summed E-state index contributed by atoms with van der Waals surface area (Å²) in [5.74, 6) is -0.304. The van der Waals surface area contributed by atoms with Gasteiger partial charge in [-0.2, -0.15) is 0 Å². The second-order valence-electron chi connectivity index (χ2n) is 3.46. The molecular formula is C10H12FNO2. The molecule has 1 fully saturated rings. The van der Waals surface area contributed by atoms with E-state index in [0.717, 1.165) is 0 Å². The summed E-state index contributed by atoms with van der Waals surface area (Å²) < 4.78 is 18.2. The lowest BCUT2D eigenvalue weighted by molar-refractivity contribution is -0.0168. The molecule has 0 unspecified atom stereocenters. The molecule has 3 nitrogen and oxygen atoms in total. The zero-order valence-corrected chi connectivity index (χ0v) is 7.88. The number of ether oxygens (including phenoxy) is 1. The van der Waals surface area contributed by atoms with Gasteiger partial charge in [0.2, 0.25) is 0 Å². The molecule has 0 radical (unpaired) electrons. The standard InChI is InChI=1S/C10H12FNO2/c1-14-9-7(3-2-4-8(9)11)10(13)5-12-6-10/h2-4,12-13H,5-6H2,1H3. The number of nitrogens with one attached hydrogen (secondary N) is 1. The van der Waals surface area contributed by atoms with Crippen LogP contribution in [0.2, 0.25) is 0 Å². The van der Waals surface area contributed by atoms with Crippen molar-refractivity contribution in [2.75, 3.05) is 20.2 Å². The van der Waals surface area contributed by atoms with Gasteiger partial charge >= 0.3 is 0 Å². The van der Waals surface area contributed by atoms with Gasteiger partial charge in [0.15, 0.2) is 11.6 Å². The minimum Gasteiger partial charge on any atom is -0.493 e. The smallest absolute Gasteiger partial charge is 0.165 e. The van der Waals surface area contributed by atoms with Crippen molar-refractivity contribution in [1.29, 1.82) is 0 Å². The van der Waals surface area contributed by atoms with Gasteiger partial charge in [-0.15, -0.1) is 0 Å². The number of β-amino-alcohol motifs (C(OH)–C–C–N with tert-alkyl or cyclic N) is 1. The van der Waals surface area contributed by atoms with E-state index < -0.39 is 11.4 Å². The van der Waals surface area contributed by atoms with Crippen LogP contribution in [0.15, 0.2) is 18.2 Å². The average molecular weight is 197 g/mol. The minimum atomic E-state index is -0.979. The molecule has 1 aliphatic rings. The molecule has 0 amide bonds. The molecule has 2 N–H and O–H groups in total. The van der Waals surface area contributed by atoms with Crippen LogP contribution in [-0.4, -0.2) is 25.3 Å². The van der Waals surface area contributed by atoms with Crippen molar-refractivity contribution in [3.05, 3.63) is 29.6 Å². The first-order chi connectivity index (χ1) is 6.67. The largest absolute Gasteiger partial charge is 0.493 e. The average Bonchev–Trinajstić information content (AvgIpc) is 2.14. The maximum absolute atomic E-state index is 13.3. The van der Waals surface area contributed by atoms with Gasteiger partial charge in [-0.3, -0.25) is 0 Å². The summed E-state index contributed by atoms with van der Waals surface area (Å²) in [4.78, 5) is 0. The normalized spacial score (nSPS) is 18.8. The summed E-state index contributed by atoms with van der Waals surface area (Å²) in [5.41, 5.74) is -0.466. The fourth-order valence-corrected chi connectivity index (χ4v) is 1.64. The molecule has 1 aliphatic heterocycles. The fourth-order valence-electron chi connectivity index (χ4n) is 1.64. The van der Waals surface area contributed by atoms with Gasteiger partial charge in [0.05, 0.1) is 7.11 Å². The Bertz CT molecular complexity index is 350. The third-order valence-electron chi connectivity index (χ3n) is 2.51. The zero-order chi connectivity index (χ0) is 10.2. The summed E-state index contributed by atoms with van der Waals surface area (Å²) in [6, 6.07) is 4.57. The molecule has 1 aromatic rings. The van der Waals surface area contributed by atoms with Crippen LogP contribution in [0.4, 0.5) is 4.39 Å². The van der Waals surface area contributed by atoms with E-state index in [1.54, 1.807) is 12.1 Å². The van der Waals surface area contributed by atoms with E-state index in [-0.39, 0.29) is 5.75 Å². The maximum atomic E-state index is 13.3. The highest BCUT2D eigenvalue weighted by Crippen LogP contribution is 2.34. The Kier molecular flexibility index (Phi) is 2.17. The lowest BCUT2D eigenvalue weighted by Crippen LogP contribution is -2.56. The second-order valence-corrected chi connectivity index (χ2v) is 3.46. The van der Waals surface area contributed by atoms with Gasteiger partial charge < -0.3 is 15.2 Å². The van der Waals surface area contributed by atoms with Crippen LogP contribution < -0.4 is 10.1 Å². The lowest BCUT2D eigenvalue weighted by atomic mass is 9.87. The van der Waals surface area contributed by atoms with Gasteiger partial charge in [-0.1, -0.05) is 12.1 Å². The number of hydrogen-bond donors (Lipinski definition) is 2. The molecule has 0 aromatic heterocycles. The van der Waals surface area contributed by atoms with Crippen LogP contribution in [0.25, 0.3) is 0 Å². The molecule has 0 atom stereocenters. The highest BCUT2D eigenvalue weighted by atomic mass is 19.1. The Balaban J connectivity index is 2.46.